The van der Waals surface area contributed by atoms with Gasteiger partial charge in [0.2, 0.25) is 0 Å². The van der Waals surface area contributed by atoms with Crippen LogP contribution in [0.4, 0.5) is 0 Å². The molecule has 4 unspecified atom stereocenters. The van der Waals surface area contributed by atoms with Crippen LogP contribution < -0.4 is 0 Å². The Morgan fingerprint density at radius 2 is 2.18 bits per heavy atom. The molecule has 0 amide bonds. The van der Waals surface area contributed by atoms with Crippen LogP contribution in [0.1, 0.15) is 12.1 Å². The van der Waals surface area contributed by atoms with E-state index >= 15 is 0 Å². The van der Waals surface area contributed by atoms with Crippen molar-refractivity contribution in [1.29, 1.82) is 0 Å². The highest BCUT2D eigenvalue weighted by Crippen LogP contribution is 2.54. The lowest BCUT2D eigenvalue weighted by atomic mass is 9.85. The SMILES string of the molecule is O=C1C(c2cn(I)nn2)=CC2C3C=CC(C3)C12. The fourth-order valence-corrected chi connectivity index (χ4v) is 3.85. The van der Waals surface area contributed by atoms with Crippen molar-refractivity contribution in [3.05, 3.63) is 30.1 Å². The molecule has 1 fully saturated rings. The van der Waals surface area contributed by atoms with Gasteiger partial charge in [0.05, 0.1) is 29.1 Å². The Labute approximate surface area is 112 Å². The minimum Gasteiger partial charge on any atom is -0.294 e. The predicted octanol–water partition coefficient (Wildman–Crippen LogP) is 1.88. The molecule has 86 valence electrons. The predicted molar refractivity (Wildman–Crippen MR) is 70.1 cm³/mol. The molecule has 0 aliphatic heterocycles. The zero-order valence-electron chi connectivity index (χ0n) is 8.95. The molecule has 0 spiro atoms. The van der Waals surface area contributed by atoms with Gasteiger partial charge in [-0.15, -0.1) is 5.10 Å². The first-order chi connectivity index (χ1) is 8.24. The van der Waals surface area contributed by atoms with Crippen LogP contribution in [0.25, 0.3) is 5.57 Å². The Morgan fingerprint density at radius 3 is 2.88 bits per heavy atom. The molecule has 3 aliphatic carbocycles. The molecule has 3 aliphatic rings. The first-order valence-electron chi connectivity index (χ1n) is 5.77. The first kappa shape index (κ1) is 9.99. The van der Waals surface area contributed by atoms with Gasteiger partial charge >= 0.3 is 0 Å². The molecule has 4 rings (SSSR count). The van der Waals surface area contributed by atoms with Gasteiger partial charge in [0.25, 0.3) is 0 Å². The lowest BCUT2D eigenvalue weighted by molar-refractivity contribution is -0.117. The van der Waals surface area contributed by atoms with Crippen molar-refractivity contribution < 1.29 is 4.79 Å². The second kappa shape index (κ2) is 3.28. The third-order valence-corrected chi connectivity index (χ3v) is 4.66. The molecule has 1 heterocycles. The number of rotatable bonds is 1. The number of carbonyl (C=O) groups excluding carboxylic acids is 1. The van der Waals surface area contributed by atoms with Gasteiger partial charge < -0.3 is 0 Å². The quantitative estimate of drug-likeness (QED) is 0.580. The van der Waals surface area contributed by atoms with E-state index in [0.29, 0.717) is 17.8 Å². The van der Waals surface area contributed by atoms with E-state index in [2.05, 4.69) is 28.5 Å². The lowest BCUT2D eigenvalue weighted by Gasteiger charge is -2.17. The van der Waals surface area contributed by atoms with E-state index in [1.165, 1.54) is 0 Å². The van der Waals surface area contributed by atoms with Gasteiger partial charge in [0.1, 0.15) is 5.69 Å². The van der Waals surface area contributed by atoms with E-state index in [4.69, 9.17) is 0 Å². The van der Waals surface area contributed by atoms with Crippen LogP contribution >= 0.6 is 22.9 Å². The molecule has 17 heavy (non-hydrogen) atoms. The number of hydrogen-bond donors (Lipinski definition) is 0. The number of aromatic nitrogens is 3. The summed E-state index contributed by atoms with van der Waals surface area (Å²) in [7, 11) is 0. The highest BCUT2D eigenvalue weighted by molar-refractivity contribution is 14.1. The van der Waals surface area contributed by atoms with Crippen LogP contribution in [0.5, 0.6) is 0 Å². The molecule has 0 saturated heterocycles. The van der Waals surface area contributed by atoms with Crippen LogP contribution in [0, 0.1) is 23.7 Å². The lowest BCUT2D eigenvalue weighted by Crippen LogP contribution is -2.21. The highest BCUT2D eigenvalue weighted by Gasteiger charge is 2.51. The Hall–Kier alpha value is -0.980. The van der Waals surface area contributed by atoms with Crippen LogP contribution in [0.2, 0.25) is 0 Å². The summed E-state index contributed by atoms with van der Waals surface area (Å²) in [5.41, 5.74) is 1.50. The summed E-state index contributed by atoms with van der Waals surface area (Å²) in [5, 5.41) is 7.93. The number of ketones is 1. The molecule has 4 nitrogen and oxygen atoms in total. The summed E-state index contributed by atoms with van der Waals surface area (Å²) in [4.78, 5) is 12.4. The van der Waals surface area contributed by atoms with E-state index in [1.807, 2.05) is 22.9 Å². The fourth-order valence-electron chi connectivity index (χ4n) is 3.49. The molecular weight excluding hydrogens is 329 g/mol. The largest absolute Gasteiger partial charge is 0.294 e. The van der Waals surface area contributed by atoms with E-state index in [-0.39, 0.29) is 11.7 Å². The van der Waals surface area contributed by atoms with Gasteiger partial charge in [-0.3, -0.25) is 4.79 Å². The topological polar surface area (TPSA) is 47.8 Å². The summed E-state index contributed by atoms with van der Waals surface area (Å²) in [5.74, 6) is 1.89. The van der Waals surface area contributed by atoms with Gasteiger partial charge in [-0.2, -0.15) is 2.90 Å². The van der Waals surface area contributed by atoms with E-state index in [1.54, 1.807) is 9.09 Å². The van der Waals surface area contributed by atoms with Crippen LogP contribution in [0.15, 0.2) is 24.4 Å². The summed E-state index contributed by atoms with van der Waals surface area (Å²) in [6.07, 6.45) is 9.58. The van der Waals surface area contributed by atoms with Gasteiger partial charge in [-0.25, -0.2) is 0 Å². The first-order valence-corrected chi connectivity index (χ1v) is 6.74. The molecular formula is C12H10IN3O. The minimum absolute atomic E-state index is 0.180. The number of hydrogen-bond acceptors (Lipinski definition) is 3. The Balaban J connectivity index is 1.76. The molecule has 0 N–H and O–H groups in total. The maximum Gasteiger partial charge on any atom is 0.169 e. The third-order valence-electron chi connectivity index (χ3n) is 4.19. The molecule has 4 atom stereocenters. The van der Waals surface area contributed by atoms with Crippen molar-refractivity contribution in [3.63, 3.8) is 0 Å². The number of Topliss-reactive ketones (excluding diaryl/α,β-unsaturated/α-hetero) is 1. The summed E-state index contributed by atoms with van der Waals surface area (Å²) < 4.78 is 1.61. The number of halogens is 1. The number of fused-ring (bicyclic) bond motifs is 5. The van der Waals surface area contributed by atoms with E-state index in [9.17, 15) is 4.79 Å². The van der Waals surface area contributed by atoms with Gasteiger partial charge in [0.15, 0.2) is 5.78 Å². The van der Waals surface area contributed by atoms with Crippen molar-refractivity contribution >= 4 is 34.2 Å². The van der Waals surface area contributed by atoms with Gasteiger partial charge in [0, 0.05) is 11.5 Å². The van der Waals surface area contributed by atoms with Crippen molar-refractivity contribution in [1.82, 2.24) is 13.2 Å². The van der Waals surface area contributed by atoms with Crippen molar-refractivity contribution in [2.45, 2.75) is 6.42 Å². The van der Waals surface area contributed by atoms with Gasteiger partial charge in [-0.05, 0) is 24.2 Å². The molecule has 5 heteroatoms. The van der Waals surface area contributed by atoms with Crippen molar-refractivity contribution in [3.8, 4) is 0 Å². The Kier molecular flexibility index (Phi) is 1.93. The van der Waals surface area contributed by atoms with Crippen molar-refractivity contribution in [2.75, 3.05) is 0 Å². The maximum atomic E-state index is 12.4. The fraction of sp³-hybridized carbons (Fsp3) is 0.417. The third kappa shape index (κ3) is 1.26. The van der Waals surface area contributed by atoms with Crippen molar-refractivity contribution in [2.24, 2.45) is 23.7 Å². The monoisotopic (exact) mass is 339 g/mol. The van der Waals surface area contributed by atoms with Crippen LogP contribution in [0.3, 0.4) is 0 Å². The molecule has 1 aromatic rings. The second-order valence-corrected chi connectivity index (χ2v) is 5.98. The summed E-state index contributed by atoms with van der Waals surface area (Å²) in [6, 6.07) is 0. The number of nitrogens with zero attached hydrogens (tertiary/aromatic N) is 3. The highest BCUT2D eigenvalue weighted by atomic mass is 127. The maximum absolute atomic E-state index is 12.4. The minimum atomic E-state index is 0.180. The normalized spacial score (nSPS) is 37.7. The summed E-state index contributed by atoms with van der Waals surface area (Å²) >= 11 is 2.04. The van der Waals surface area contributed by atoms with E-state index < -0.39 is 0 Å². The molecule has 1 saturated carbocycles. The summed E-state index contributed by atoms with van der Waals surface area (Å²) in [6.45, 7) is 0. The van der Waals surface area contributed by atoms with Crippen LogP contribution in [-0.2, 0) is 4.79 Å². The van der Waals surface area contributed by atoms with Crippen LogP contribution in [-0.4, -0.2) is 19.0 Å². The zero-order chi connectivity index (χ0) is 11.6. The molecule has 1 aromatic heterocycles. The number of carbonyl (C=O) groups is 1. The zero-order valence-corrected chi connectivity index (χ0v) is 11.1. The Bertz CT molecular complexity index is 574. The molecule has 0 radical (unpaired) electrons. The van der Waals surface area contributed by atoms with E-state index in [0.717, 1.165) is 17.7 Å². The average Bonchev–Trinajstić information content (AvgIpc) is 3.00. The Morgan fingerprint density at radius 1 is 1.35 bits per heavy atom. The molecule has 2 bridgehead atoms. The molecule has 0 aromatic carbocycles. The van der Waals surface area contributed by atoms with Gasteiger partial charge in [-0.1, -0.05) is 23.4 Å². The smallest absolute Gasteiger partial charge is 0.169 e. The average molecular weight is 339 g/mol. The second-order valence-electron chi connectivity index (χ2n) is 4.99. The number of allylic oxidation sites excluding steroid dienone is 4. The standard InChI is InChI=1S/C12H10IN3O/c13-16-5-10(14-15-16)9-4-8-6-1-2-7(3-6)11(8)12(9)17/h1-2,4-8,11H,3H2.